The Hall–Kier alpha value is -0.530. The van der Waals surface area contributed by atoms with E-state index < -0.39 is 0 Å². The van der Waals surface area contributed by atoms with Crippen molar-refractivity contribution in [2.75, 3.05) is 6.54 Å². The lowest BCUT2D eigenvalue weighted by Gasteiger charge is -2.16. The van der Waals surface area contributed by atoms with Crippen molar-refractivity contribution in [2.45, 2.75) is 124 Å². The van der Waals surface area contributed by atoms with E-state index in [1.54, 1.807) is 0 Å². The van der Waals surface area contributed by atoms with E-state index in [2.05, 4.69) is 26.1 Å². The third-order valence-electron chi connectivity index (χ3n) is 5.01. The van der Waals surface area contributed by atoms with Gasteiger partial charge in [-0.15, -0.1) is 0 Å². The van der Waals surface area contributed by atoms with Crippen molar-refractivity contribution in [3.05, 3.63) is 0 Å². The summed E-state index contributed by atoms with van der Waals surface area (Å²) < 4.78 is 0. The summed E-state index contributed by atoms with van der Waals surface area (Å²) in [4.78, 5) is 12.4. The van der Waals surface area contributed by atoms with E-state index in [1.165, 1.54) is 83.5 Å². The fraction of sp³-hybridized carbons (Fsp3) is 0.955. The summed E-state index contributed by atoms with van der Waals surface area (Å²) in [6.07, 6.45) is 20.2. The molecule has 24 heavy (non-hydrogen) atoms. The first-order valence-corrected chi connectivity index (χ1v) is 11.0. The molecule has 144 valence electrons. The number of nitrogens with one attached hydrogen (secondary N) is 1. The Labute approximate surface area is 152 Å². The van der Waals surface area contributed by atoms with Crippen molar-refractivity contribution in [1.29, 1.82) is 0 Å². The Morgan fingerprint density at radius 3 is 1.67 bits per heavy atom. The van der Waals surface area contributed by atoms with Gasteiger partial charge in [0.2, 0.25) is 5.91 Å². The topological polar surface area (TPSA) is 29.1 Å². The van der Waals surface area contributed by atoms with Crippen LogP contribution in [0.15, 0.2) is 0 Å². The van der Waals surface area contributed by atoms with Gasteiger partial charge in [0.15, 0.2) is 0 Å². The second-order valence-corrected chi connectivity index (χ2v) is 7.45. The van der Waals surface area contributed by atoms with Gasteiger partial charge in [-0.2, -0.15) is 0 Å². The number of carbonyl (C=O) groups is 1. The quantitative estimate of drug-likeness (QED) is 0.267. The van der Waals surface area contributed by atoms with E-state index in [-0.39, 0.29) is 5.92 Å². The number of carbonyl (C=O) groups excluding carboxylic acids is 1. The number of hydrogen-bond donors (Lipinski definition) is 1. The first-order chi connectivity index (χ1) is 11.8. The molecule has 0 heterocycles. The highest BCUT2D eigenvalue weighted by atomic mass is 16.1. The van der Waals surface area contributed by atoms with Gasteiger partial charge in [0.1, 0.15) is 0 Å². The zero-order valence-corrected chi connectivity index (χ0v) is 17.0. The maximum atomic E-state index is 12.4. The second-order valence-electron chi connectivity index (χ2n) is 7.45. The van der Waals surface area contributed by atoms with E-state index in [1.807, 2.05) is 0 Å². The van der Waals surface area contributed by atoms with Crippen molar-refractivity contribution in [2.24, 2.45) is 5.92 Å². The fourth-order valence-corrected chi connectivity index (χ4v) is 3.29. The zero-order chi connectivity index (χ0) is 17.9. The summed E-state index contributed by atoms with van der Waals surface area (Å²) in [6.45, 7) is 7.61. The van der Waals surface area contributed by atoms with E-state index in [0.29, 0.717) is 5.91 Å². The summed E-state index contributed by atoms with van der Waals surface area (Å²) in [5, 5.41) is 3.20. The molecule has 0 aliphatic carbocycles. The minimum absolute atomic E-state index is 0.260. The summed E-state index contributed by atoms with van der Waals surface area (Å²) in [6, 6.07) is 0. The van der Waals surface area contributed by atoms with Crippen LogP contribution in [-0.2, 0) is 4.79 Å². The average Bonchev–Trinajstić information content (AvgIpc) is 2.59. The lowest BCUT2D eigenvalue weighted by molar-refractivity contribution is -0.125. The van der Waals surface area contributed by atoms with E-state index in [4.69, 9.17) is 0 Å². The van der Waals surface area contributed by atoms with Crippen molar-refractivity contribution < 1.29 is 4.79 Å². The molecule has 1 atom stereocenters. The third kappa shape index (κ3) is 15.0. The Morgan fingerprint density at radius 2 is 1.08 bits per heavy atom. The molecule has 0 fully saturated rings. The second kappa shape index (κ2) is 18.8. The van der Waals surface area contributed by atoms with Crippen LogP contribution in [0.5, 0.6) is 0 Å². The fourth-order valence-electron chi connectivity index (χ4n) is 3.29. The highest BCUT2D eigenvalue weighted by molar-refractivity contribution is 5.78. The molecule has 0 rings (SSSR count). The maximum Gasteiger partial charge on any atom is 0.223 e. The van der Waals surface area contributed by atoms with E-state index in [0.717, 1.165) is 25.8 Å². The van der Waals surface area contributed by atoms with Gasteiger partial charge < -0.3 is 5.32 Å². The SMILES string of the molecule is CCCCCCCCNC(=O)C(CCCC)CCCCCCCC. The van der Waals surface area contributed by atoms with Crippen LogP contribution in [0.25, 0.3) is 0 Å². The molecule has 2 nitrogen and oxygen atoms in total. The normalized spacial score (nSPS) is 12.3. The molecule has 0 aliphatic heterocycles. The number of hydrogen-bond acceptors (Lipinski definition) is 1. The molecule has 0 aromatic rings. The zero-order valence-electron chi connectivity index (χ0n) is 17.0. The lowest BCUT2D eigenvalue weighted by atomic mass is 9.94. The van der Waals surface area contributed by atoms with E-state index in [9.17, 15) is 4.79 Å². The minimum Gasteiger partial charge on any atom is -0.356 e. The van der Waals surface area contributed by atoms with Crippen LogP contribution in [-0.4, -0.2) is 12.5 Å². The molecule has 0 spiro atoms. The van der Waals surface area contributed by atoms with Gasteiger partial charge in [-0.25, -0.2) is 0 Å². The summed E-state index contributed by atoms with van der Waals surface area (Å²) in [7, 11) is 0. The molecule has 0 saturated heterocycles. The van der Waals surface area contributed by atoms with Crippen molar-refractivity contribution in [3.63, 3.8) is 0 Å². The van der Waals surface area contributed by atoms with Crippen molar-refractivity contribution in [3.8, 4) is 0 Å². The molecule has 0 aromatic carbocycles. The van der Waals surface area contributed by atoms with Gasteiger partial charge in [0.05, 0.1) is 0 Å². The van der Waals surface area contributed by atoms with Gasteiger partial charge in [-0.05, 0) is 19.3 Å². The van der Waals surface area contributed by atoms with Crippen LogP contribution in [0, 0.1) is 5.92 Å². The van der Waals surface area contributed by atoms with Crippen LogP contribution in [0.4, 0.5) is 0 Å². The van der Waals surface area contributed by atoms with Crippen LogP contribution >= 0.6 is 0 Å². The Balaban J connectivity index is 3.81. The van der Waals surface area contributed by atoms with Gasteiger partial charge in [-0.3, -0.25) is 4.79 Å². The molecule has 0 aliphatic rings. The van der Waals surface area contributed by atoms with Crippen LogP contribution in [0.1, 0.15) is 124 Å². The van der Waals surface area contributed by atoms with Gasteiger partial charge in [-0.1, -0.05) is 104 Å². The molecule has 1 N–H and O–H groups in total. The molecule has 0 radical (unpaired) electrons. The van der Waals surface area contributed by atoms with Crippen molar-refractivity contribution in [1.82, 2.24) is 5.32 Å². The predicted octanol–water partition coefficient (Wildman–Crippen LogP) is 7.02. The first kappa shape index (κ1) is 23.5. The lowest BCUT2D eigenvalue weighted by Crippen LogP contribution is -2.31. The van der Waals surface area contributed by atoms with Crippen LogP contribution in [0.3, 0.4) is 0 Å². The number of rotatable bonds is 18. The van der Waals surface area contributed by atoms with E-state index >= 15 is 0 Å². The molecule has 0 saturated carbocycles. The van der Waals surface area contributed by atoms with Crippen LogP contribution < -0.4 is 5.32 Å². The number of unbranched alkanes of at least 4 members (excludes halogenated alkanes) is 11. The maximum absolute atomic E-state index is 12.4. The Kier molecular flexibility index (Phi) is 18.4. The highest BCUT2D eigenvalue weighted by Crippen LogP contribution is 2.18. The first-order valence-electron chi connectivity index (χ1n) is 11.0. The van der Waals surface area contributed by atoms with Gasteiger partial charge >= 0.3 is 0 Å². The Bertz CT molecular complexity index is 265. The molecule has 0 bridgehead atoms. The molecule has 0 aromatic heterocycles. The highest BCUT2D eigenvalue weighted by Gasteiger charge is 2.16. The van der Waals surface area contributed by atoms with Crippen molar-refractivity contribution >= 4 is 5.91 Å². The third-order valence-corrected chi connectivity index (χ3v) is 5.01. The Morgan fingerprint density at radius 1 is 0.625 bits per heavy atom. The standard InChI is InChI=1S/C22H45NO/c1-4-7-10-12-14-16-19-21(18-9-6-3)22(24)23-20-17-15-13-11-8-5-2/h21H,4-20H2,1-3H3,(H,23,24). The molecular weight excluding hydrogens is 294 g/mol. The van der Waals surface area contributed by atoms with Gasteiger partial charge in [0, 0.05) is 12.5 Å². The smallest absolute Gasteiger partial charge is 0.223 e. The summed E-state index contributed by atoms with van der Waals surface area (Å²) in [5.74, 6) is 0.585. The summed E-state index contributed by atoms with van der Waals surface area (Å²) >= 11 is 0. The van der Waals surface area contributed by atoms with Gasteiger partial charge in [0.25, 0.3) is 0 Å². The molecule has 2 heteroatoms. The summed E-state index contributed by atoms with van der Waals surface area (Å²) in [5.41, 5.74) is 0. The molecule has 1 amide bonds. The van der Waals surface area contributed by atoms with Crippen LogP contribution in [0.2, 0.25) is 0 Å². The minimum atomic E-state index is 0.260. The molecular formula is C22H45NO. The molecule has 1 unspecified atom stereocenters. The number of amides is 1. The monoisotopic (exact) mass is 339 g/mol. The largest absolute Gasteiger partial charge is 0.356 e. The predicted molar refractivity (Wildman–Crippen MR) is 107 cm³/mol. The average molecular weight is 340 g/mol.